The molecular weight excluding hydrogens is 184 g/mol. The summed E-state index contributed by atoms with van der Waals surface area (Å²) in [6.45, 7) is 6.82. The zero-order chi connectivity index (χ0) is 9.84. The zero-order valence-electron chi connectivity index (χ0n) is 8.36. The van der Waals surface area contributed by atoms with Crippen LogP contribution < -0.4 is 4.74 Å². The maximum absolute atomic E-state index is 5.95. The number of rotatable bonds is 0. The molecule has 1 heterocycles. The third-order valence-electron chi connectivity index (χ3n) is 1.88. The van der Waals surface area contributed by atoms with Gasteiger partial charge in [0.25, 0.3) is 0 Å². The van der Waals surface area contributed by atoms with Crippen LogP contribution in [0.3, 0.4) is 0 Å². The van der Waals surface area contributed by atoms with E-state index in [1.165, 1.54) is 11.1 Å². The van der Waals surface area contributed by atoms with Gasteiger partial charge in [0.1, 0.15) is 5.75 Å². The molecule has 1 aliphatic heterocycles. The summed E-state index contributed by atoms with van der Waals surface area (Å²) in [4.78, 5) is 0. The summed E-state index contributed by atoms with van der Waals surface area (Å²) in [5.41, 5.74) is 2.45. The Balaban J connectivity index is 0.000000396. The van der Waals surface area contributed by atoms with E-state index in [9.17, 15) is 0 Å². The number of aryl methyl sites for hydroxylation is 1. The molecule has 0 aromatic heterocycles. The SMILES string of the molecule is CC.Cc1cc(Cl)c2c(c1)CCO2. The molecule has 0 fully saturated rings. The van der Waals surface area contributed by atoms with Crippen molar-refractivity contribution in [1.29, 1.82) is 0 Å². The summed E-state index contributed by atoms with van der Waals surface area (Å²) in [5.74, 6) is 0.886. The van der Waals surface area contributed by atoms with Crippen LogP contribution in [0.5, 0.6) is 5.75 Å². The second-order valence-corrected chi connectivity index (χ2v) is 3.24. The lowest BCUT2D eigenvalue weighted by Gasteiger charge is -2.02. The maximum Gasteiger partial charge on any atom is 0.141 e. The highest BCUT2D eigenvalue weighted by atomic mass is 35.5. The molecule has 0 aliphatic carbocycles. The van der Waals surface area contributed by atoms with Crippen LogP contribution in [0.25, 0.3) is 0 Å². The van der Waals surface area contributed by atoms with Gasteiger partial charge in [-0.05, 0) is 24.1 Å². The second-order valence-electron chi connectivity index (χ2n) is 2.83. The highest BCUT2D eigenvalue weighted by molar-refractivity contribution is 6.32. The van der Waals surface area contributed by atoms with Gasteiger partial charge in [0.05, 0.1) is 11.6 Å². The first kappa shape index (κ1) is 10.4. The summed E-state index contributed by atoms with van der Waals surface area (Å²) in [6.07, 6.45) is 0.997. The van der Waals surface area contributed by atoms with Gasteiger partial charge in [0, 0.05) is 6.42 Å². The monoisotopic (exact) mass is 198 g/mol. The molecule has 1 aromatic carbocycles. The van der Waals surface area contributed by atoms with Gasteiger partial charge in [-0.25, -0.2) is 0 Å². The highest BCUT2D eigenvalue weighted by Crippen LogP contribution is 2.34. The number of hydrogen-bond acceptors (Lipinski definition) is 1. The molecule has 13 heavy (non-hydrogen) atoms. The highest BCUT2D eigenvalue weighted by Gasteiger charge is 2.15. The fourth-order valence-corrected chi connectivity index (χ4v) is 1.76. The summed E-state index contributed by atoms with van der Waals surface area (Å²) in [6, 6.07) is 4.07. The van der Waals surface area contributed by atoms with E-state index in [2.05, 4.69) is 6.07 Å². The molecule has 2 heteroatoms. The molecule has 1 aromatic rings. The predicted octanol–water partition coefficient (Wildman–Crippen LogP) is 3.61. The van der Waals surface area contributed by atoms with Crippen molar-refractivity contribution in [3.8, 4) is 5.75 Å². The Bertz CT molecular complexity index is 294. The second kappa shape index (κ2) is 4.52. The van der Waals surface area contributed by atoms with Gasteiger partial charge < -0.3 is 4.74 Å². The minimum absolute atomic E-state index is 0.748. The average Bonchev–Trinajstić information content (AvgIpc) is 2.55. The standard InChI is InChI=1S/C9H9ClO.C2H6/c1-6-4-7-2-3-11-9(7)8(10)5-6;1-2/h4-5H,2-3H2,1H3;1-2H3. The predicted molar refractivity (Wildman–Crippen MR) is 56.7 cm³/mol. The normalized spacial score (nSPS) is 12.6. The van der Waals surface area contributed by atoms with E-state index in [1.807, 2.05) is 26.8 Å². The van der Waals surface area contributed by atoms with Crippen molar-refractivity contribution < 1.29 is 4.74 Å². The molecule has 0 atom stereocenters. The van der Waals surface area contributed by atoms with Gasteiger partial charge in [-0.2, -0.15) is 0 Å². The summed E-state index contributed by atoms with van der Waals surface area (Å²) >= 11 is 5.95. The summed E-state index contributed by atoms with van der Waals surface area (Å²) in [5, 5.41) is 0.748. The molecule has 0 saturated carbocycles. The maximum atomic E-state index is 5.95. The van der Waals surface area contributed by atoms with Crippen molar-refractivity contribution >= 4 is 11.6 Å². The van der Waals surface area contributed by atoms with Crippen LogP contribution in [0.1, 0.15) is 25.0 Å². The molecule has 0 saturated heterocycles. The topological polar surface area (TPSA) is 9.23 Å². The van der Waals surface area contributed by atoms with E-state index < -0.39 is 0 Å². The average molecular weight is 199 g/mol. The Morgan fingerprint density at radius 2 is 2.00 bits per heavy atom. The van der Waals surface area contributed by atoms with Gasteiger partial charge in [-0.1, -0.05) is 31.5 Å². The number of ether oxygens (including phenoxy) is 1. The molecule has 0 unspecified atom stereocenters. The summed E-state index contributed by atoms with van der Waals surface area (Å²) < 4.78 is 5.35. The Hall–Kier alpha value is -0.690. The first-order valence-corrected chi connectivity index (χ1v) is 5.07. The van der Waals surface area contributed by atoms with Gasteiger partial charge in [0.15, 0.2) is 0 Å². The van der Waals surface area contributed by atoms with Crippen LogP contribution in [-0.4, -0.2) is 6.61 Å². The van der Waals surface area contributed by atoms with E-state index in [4.69, 9.17) is 16.3 Å². The Kier molecular flexibility index (Phi) is 3.61. The molecule has 1 nitrogen and oxygen atoms in total. The number of benzene rings is 1. The van der Waals surface area contributed by atoms with Crippen LogP contribution >= 0.6 is 11.6 Å². The van der Waals surface area contributed by atoms with Crippen LogP contribution in [0.15, 0.2) is 12.1 Å². The van der Waals surface area contributed by atoms with Gasteiger partial charge in [0.2, 0.25) is 0 Å². The first-order valence-electron chi connectivity index (χ1n) is 4.69. The Labute approximate surface area is 84.7 Å². The fourth-order valence-electron chi connectivity index (χ4n) is 1.41. The molecule has 0 radical (unpaired) electrons. The van der Waals surface area contributed by atoms with Gasteiger partial charge >= 0.3 is 0 Å². The van der Waals surface area contributed by atoms with Crippen LogP contribution in [0, 0.1) is 6.92 Å². The molecule has 72 valence electrons. The molecule has 0 amide bonds. The van der Waals surface area contributed by atoms with Crippen LogP contribution in [-0.2, 0) is 6.42 Å². The lowest BCUT2D eigenvalue weighted by Crippen LogP contribution is -1.86. The zero-order valence-corrected chi connectivity index (χ0v) is 9.11. The number of hydrogen-bond donors (Lipinski definition) is 0. The van der Waals surface area contributed by atoms with Crippen molar-refractivity contribution in [2.45, 2.75) is 27.2 Å². The van der Waals surface area contributed by atoms with Crippen molar-refractivity contribution in [1.82, 2.24) is 0 Å². The number of halogens is 1. The van der Waals surface area contributed by atoms with Crippen molar-refractivity contribution in [3.05, 3.63) is 28.3 Å². The molecule has 0 spiro atoms. The lowest BCUT2D eigenvalue weighted by atomic mass is 10.1. The minimum atomic E-state index is 0.748. The number of fused-ring (bicyclic) bond motifs is 1. The largest absolute Gasteiger partial charge is 0.491 e. The van der Waals surface area contributed by atoms with E-state index in [-0.39, 0.29) is 0 Å². The third kappa shape index (κ3) is 2.16. The van der Waals surface area contributed by atoms with Crippen molar-refractivity contribution in [3.63, 3.8) is 0 Å². The van der Waals surface area contributed by atoms with Gasteiger partial charge in [-0.15, -0.1) is 0 Å². The molecule has 0 N–H and O–H groups in total. The quantitative estimate of drug-likeness (QED) is 0.619. The van der Waals surface area contributed by atoms with E-state index in [0.29, 0.717) is 0 Å². The fraction of sp³-hybridized carbons (Fsp3) is 0.455. The minimum Gasteiger partial charge on any atom is -0.491 e. The lowest BCUT2D eigenvalue weighted by molar-refractivity contribution is 0.357. The molecular formula is C11H15ClO. The van der Waals surface area contributed by atoms with E-state index in [0.717, 1.165) is 23.8 Å². The van der Waals surface area contributed by atoms with E-state index >= 15 is 0 Å². The van der Waals surface area contributed by atoms with Crippen molar-refractivity contribution in [2.24, 2.45) is 0 Å². The Morgan fingerprint density at radius 3 is 2.69 bits per heavy atom. The van der Waals surface area contributed by atoms with Crippen molar-refractivity contribution in [2.75, 3.05) is 6.61 Å². The van der Waals surface area contributed by atoms with Crippen LogP contribution in [0.4, 0.5) is 0 Å². The van der Waals surface area contributed by atoms with Crippen LogP contribution in [0.2, 0.25) is 5.02 Å². The first-order chi connectivity index (χ1) is 6.27. The molecule has 2 rings (SSSR count). The summed E-state index contributed by atoms with van der Waals surface area (Å²) in [7, 11) is 0. The smallest absolute Gasteiger partial charge is 0.141 e. The third-order valence-corrected chi connectivity index (χ3v) is 2.16. The van der Waals surface area contributed by atoms with E-state index in [1.54, 1.807) is 0 Å². The Morgan fingerprint density at radius 1 is 1.31 bits per heavy atom. The van der Waals surface area contributed by atoms with Gasteiger partial charge in [-0.3, -0.25) is 0 Å². The molecule has 1 aliphatic rings. The molecule has 0 bridgehead atoms.